The van der Waals surface area contributed by atoms with Crippen molar-refractivity contribution in [1.29, 1.82) is 0 Å². The lowest BCUT2D eigenvalue weighted by Gasteiger charge is -2.19. The maximum atomic E-state index is 5.76. The Balaban J connectivity index is 2.70. The molecule has 0 bridgehead atoms. The zero-order chi connectivity index (χ0) is 7.56. The minimum atomic E-state index is 0.222. The van der Waals surface area contributed by atoms with Crippen molar-refractivity contribution in [3.63, 3.8) is 0 Å². The van der Waals surface area contributed by atoms with E-state index in [0.29, 0.717) is 5.92 Å². The van der Waals surface area contributed by atoms with Crippen LogP contribution in [0.3, 0.4) is 0 Å². The minimum Gasteiger partial charge on any atom is -0.324 e. The lowest BCUT2D eigenvalue weighted by molar-refractivity contribution is 0.621. The first kappa shape index (κ1) is 7.55. The Labute approximate surface area is 62.6 Å². The lowest BCUT2D eigenvalue weighted by atomic mass is 9.89. The van der Waals surface area contributed by atoms with Gasteiger partial charge in [0.15, 0.2) is 0 Å². The average molecular weight is 137 g/mol. The summed E-state index contributed by atoms with van der Waals surface area (Å²) in [6, 6.07) is 0.222. The molecule has 0 aliphatic heterocycles. The van der Waals surface area contributed by atoms with Crippen molar-refractivity contribution < 1.29 is 0 Å². The zero-order valence-corrected chi connectivity index (χ0v) is 6.67. The Morgan fingerprint density at radius 3 is 2.80 bits per heavy atom. The molecular weight excluding hydrogens is 122 g/mol. The average Bonchev–Trinajstić information content (AvgIpc) is 1.88. The van der Waals surface area contributed by atoms with E-state index < -0.39 is 0 Å². The van der Waals surface area contributed by atoms with Crippen LogP contribution in [-0.4, -0.2) is 6.04 Å². The summed E-state index contributed by atoms with van der Waals surface area (Å²) in [6.45, 7) is 4.26. The summed E-state index contributed by atoms with van der Waals surface area (Å²) >= 11 is 0. The highest BCUT2D eigenvalue weighted by Gasteiger charge is 2.12. The third-order valence-electron chi connectivity index (χ3n) is 2.01. The fourth-order valence-corrected chi connectivity index (χ4v) is 1.36. The summed E-state index contributed by atoms with van der Waals surface area (Å²) in [6.07, 6.45) is 7.57. The second kappa shape index (κ2) is 3.02. The number of hydrogen-bond donors (Lipinski definition) is 1. The Kier molecular flexibility index (Phi) is 2.28. The van der Waals surface area contributed by atoms with Crippen LogP contribution >= 0.6 is 0 Å². The Bertz CT molecular complexity index is 166. The molecule has 1 rings (SSSR count). The molecule has 10 heavy (non-hydrogen) atoms. The van der Waals surface area contributed by atoms with Crippen molar-refractivity contribution in [2.45, 2.75) is 26.3 Å². The summed E-state index contributed by atoms with van der Waals surface area (Å²) in [5.74, 6) is 0.644. The van der Waals surface area contributed by atoms with Gasteiger partial charge in [0.25, 0.3) is 0 Å². The van der Waals surface area contributed by atoms with Gasteiger partial charge < -0.3 is 5.73 Å². The molecule has 1 aliphatic carbocycles. The Morgan fingerprint density at radius 2 is 2.40 bits per heavy atom. The molecule has 0 aromatic carbocycles. The van der Waals surface area contributed by atoms with Gasteiger partial charge in [0.2, 0.25) is 0 Å². The topological polar surface area (TPSA) is 26.0 Å². The Morgan fingerprint density at radius 1 is 1.70 bits per heavy atom. The predicted molar refractivity (Wildman–Crippen MR) is 44.7 cm³/mol. The fraction of sp³-hybridized carbons (Fsp3) is 0.556. The van der Waals surface area contributed by atoms with Crippen LogP contribution in [-0.2, 0) is 0 Å². The zero-order valence-electron chi connectivity index (χ0n) is 6.67. The molecule has 1 nitrogen and oxygen atoms in total. The molecule has 2 N–H and O–H groups in total. The summed E-state index contributed by atoms with van der Waals surface area (Å²) in [5.41, 5.74) is 7.13. The van der Waals surface area contributed by atoms with Crippen molar-refractivity contribution in [1.82, 2.24) is 0 Å². The van der Waals surface area contributed by atoms with Gasteiger partial charge in [0.05, 0.1) is 0 Å². The van der Waals surface area contributed by atoms with Crippen molar-refractivity contribution in [2.75, 3.05) is 0 Å². The van der Waals surface area contributed by atoms with E-state index in [1.807, 2.05) is 6.92 Å². The smallest absolute Gasteiger partial charge is 0.0230 e. The molecule has 56 valence electrons. The van der Waals surface area contributed by atoms with Gasteiger partial charge in [-0.15, -0.1) is 0 Å². The third kappa shape index (κ3) is 1.48. The van der Waals surface area contributed by atoms with Crippen molar-refractivity contribution >= 4 is 0 Å². The molecule has 0 radical (unpaired) electrons. The summed E-state index contributed by atoms with van der Waals surface area (Å²) < 4.78 is 0. The molecule has 0 spiro atoms. The predicted octanol–water partition coefficient (Wildman–Crippen LogP) is 1.86. The highest BCUT2D eigenvalue weighted by molar-refractivity contribution is 5.23. The number of hydrogen-bond acceptors (Lipinski definition) is 1. The molecule has 1 heteroatoms. The molecule has 0 aromatic rings. The van der Waals surface area contributed by atoms with E-state index in [2.05, 4.69) is 25.2 Å². The van der Waals surface area contributed by atoms with Gasteiger partial charge in [-0.1, -0.05) is 30.7 Å². The first-order chi connectivity index (χ1) is 4.72. The van der Waals surface area contributed by atoms with Crippen molar-refractivity contribution in [3.05, 3.63) is 23.8 Å². The monoisotopic (exact) mass is 137 g/mol. The summed E-state index contributed by atoms with van der Waals surface area (Å²) in [7, 11) is 0. The molecule has 0 saturated heterocycles. The highest BCUT2D eigenvalue weighted by Crippen LogP contribution is 2.21. The normalized spacial score (nSPS) is 27.9. The van der Waals surface area contributed by atoms with E-state index in [4.69, 9.17) is 5.73 Å². The Hall–Kier alpha value is -0.560. The van der Waals surface area contributed by atoms with Gasteiger partial charge in [0, 0.05) is 6.04 Å². The SMILES string of the molecule is CC1CC=CC=C1[C@H](C)N. The van der Waals surface area contributed by atoms with Crippen LogP contribution in [0.5, 0.6) is 0 Å². The van der Waals surface area contributed by atoms with E-state index in [1.165, 1.54) is 5.57 Å². The quantitative estimate of drug-likeness (QED) is 0.586. The minimum absolute atomic E-state index is 0.222. The van der Waals surface area contributed by atoms with Gasteiger partial charge in [0.1, 0.15) is 0 Å². The second-order valence-electron chi connectivity index (χ2n) is 3.02. The molecular formula is C9H15N. The molecule has 0 amide bonds. The van der Waals surface area contributed by atoms with Crippen LogP contribution in [0.15, 0.2) is 23.8 Å². The summed E-state index contributed by atoms with van der Waals surface area (Å²) in [4.78, 5) is 0. The molecule has 0 fully saturated rings. The summed E-state index contributed by atoms with van der Waals surface area (Å²) in [5, 5.41) is 0. The molecule has 0 aromatic heterocycles. The van der Waals surface area contributed by atoms with Crippen LogP contribution in [0.4, 0.5) is 0 Å². The van der Waals surface area contributed by atoms with Gasteiger partial charge in [-0.05, 0) is 19.3 Å². The van der Waals surface area contributed by atoms with Crippen molar-refractivity contribution in [3.8, 4) is 0 Å². The van der Waals surface area contributed by atoms with Crippen LogP contribution in [0.25, 0.3) is 0 Å². The van der Waals surface area contributed by atoms with E-state index in [9.17, 15) is 0 Å². The fourth-order valence-electron chi connectivity index (χ4n) is 1.36. The lowest BCUT2D eigenvalue weighted by Crippen LogP contribution is -2.23. The first-order valence-electron chi connectivity index (χ1n) is 3.84. The van der Waals surface area contributed by atoms with E-state index in [0.717, 1.165) is 6.42 Å². The van der Waals surface area contributed by atoms with Crippen LogP contribution in [0, 0.1) is 5.92 Å². The van der Waals surface area contributed by atoms with Gasteiger partial charge in [-0.3, -0.25) is 0 Å². The number of rotatable bonds is 1. The van der Waals surface area contributed by atoms with Gasteiger partial charge >= 0.3 is 0 Å². The molecule has 2 atom stereocenters. The van der Waals surface area contributed by atoms with E-state index >= 15 is 0 Å². The standard InChI is InChI=1S/C9H15N/c1-7-5-3-4-6-9(7)8(2)10/h3-4,6-8H,5,10H2,1-2H3/t7?,8-/m0/s1. The second-order valence-corrected chi connectivity index (χ2v) is 3.02. The largest absolute Gasteiger partial charge is 0.324 e. The highest BCUT2D eigenvalue weighted by atomic mass is 14.6. The van der Waals surface area contributed by atoms with Crippen LogP contribution in [0.2, 0.25) is 0 Å². The van der Waals surface area contributed by atoms with Crippen LogP contribution in [0.1, 0.15) is 20.3 Å². The molecule has 1 aliphatic rings. The number of nitrogens with two attached hydrogens (primary N) is 1. The van der Waals surface area contributed by atoms with Gasteiger partial charge in [-0.25, -0.2) is 0 Å². The first-order valence-corrected chi connectivity index (χ1v) is 3.84. The van der Waals surface area contributed by atoms with Gasteiger partial charge in [-0.2, -0.15) is 0 Å². The number of allylic oxidation sites excluding steroid dienone is 3. The molecule has 0 heterocycles. The van der Waals surface area contributed by atoms with E-state index in [-0.39, 0.29) is 6.04 Å². The molecule has 0 saturated carbocycles. The third-order valence-corrected chi connectivity index (χ3v) is 2.01. The maximum Gasteiger partial charge on any atom is 0.0230 e. The van der Waals surface area contributed by atoms with E-state index in [1.54, 1.807) is 0 Å². The van der Waals surface area contributed by atoms with Crippen molar-refractivity contribution in [2.24, 2.45) is 11.7 Å². The van der Waals surface area contributed by atoms with Crippen LogP contribution < -0.4 is 5.73 Å². The molecule has 1 unspecified atom stereocenters. The maximum absolute atomic E-state index is 5.76.